The Labute approximate surface area is 116 Å². The van der Waals surface area contributed by atoms with Crippen LogP contribution in [0.1, 0.15) is 37.3 Å². The second kappa shape index (κ2) is 5.24. The van der Waals surface area contributed by atoms with Crippen LogP contribution < -0.4 is 4.74 Å². The van der Waals surface area contributed by atoms with Crippen LogP contribution in [0.25, 0.3) is 5.57 Å². The average Bonchev–Trinajstić information content (AvgIpc) is 2.99. The molecule has 0 radical (unpaired) electrons. The third-order valence-corrected chi connectivity index (χ3v) is 4.63. The Morgan fingerprint density at radius 1 is 1.26 bits per heavy atom. The lowest BCUT2D eigenvalue weighted by Crippen LogP contribution is -2.19. The third kappa shape index (κ3) is 2.22. The van der Waals surface area contributed by atoms with Crippen LogP contribution in [0, 0.1) is 11.8 Å². The predicted molar refractivity (Wildman–Crippen MR) is 80.3 cm³/mol. The molecule has 0 fully saturated rings. The molecule has 1 aromatic rings. The molecule has 0 saturated heterocycles. The summed E-state index contributed by atoms with van der Waals surface area (Å²) in [5.74, 6) is 2.44. The summed E-state index contributed by atoms with van der Waals surface area (Å²) in [6.07, 6.45) is 12.1. The lowest BCUT2D eigenvalue weighted by atomic mass is 9.73. The molecule has 0 unspecified atom stereocenters. The molecule has 2 atom stereocenters. The Morgan fingerprint density at radius 2 is 2.16 bits per heavy atom. The van der Waals surface area contributed by atoms with E-state index < -0.39 is 0 Å². The zero-order valence-corrected chi connectivity index (χ0v) is 11.9. The molecule has 3 rings (SSSR count). The molecular weight excluding hydrogens is 232 g/mol. The van der Waals surface area contributed by atoms with E-state index in [9.17, 15) is 0 Å². The van der Waals surface area contributed by atoms with Crippen LogP contribution in [0.5, 0.6) is 5.75 Å². The average molecular weight is 254 g/mol. The van der Waals surface area contributed by atoms with Crippen molar-refractivity contribution in [2.24, 2.45) is 11.8 Å². The molecule has 0 N–H and O–H groups in total. The van der Waals surface area contributed by atoms with E-state index in [0.29, 0.717) is 5.92 Å². The summed E-state index contributed by atoms with van der Waals surface area (Å²) in [5.41, 5.74) is 4.44. The summed E-state index contributed by atoms with van der Waals surface area (Å²) in [5, 5.41) is 0. The second-order valence-corrected chi connectivity index (χ2v) is 5.58. The van der Waals surface area contributed by atoms with E-state index in [0.717, 1.165) is 11.7 Å². The van der Waals surface area contributed by atoms with E-state index in [-0.39, 0.29) is 0 Å². The first kappa shape index (κ1) is 12.5. The van der Waals surface area contributed by atoms with Crippen molar-refractivity contribution in [3.05, 3.63) is 47.6 Å². The molecule has 0 amide bonds. The minimum atomic E-state index is 0.713. The number of aryl methyl sites for hydroxylation is 1. The quantitative estimate of drug-likeness (QED) is 0.699. The Hall–Kier alpha value is -1.50. The molecule has 0 bridgehead atoms. The summed E-state index contributed by atoms with van der Waals surface area (Å²) in [6.45, 7) is 2.18. The van der Waals surface area contributed by atoms with E-state index in [1.54, 1.807) is 12.7 Å². The van der Waals surface area contributed by atoms with Gasteiger partial charge in [0.15, 0.2) is 0 Å². The molecular formula is C18H22O. The van der Waals surface area contributed by atoms with Gasteiger partial charge in [-0.2, -0.15) is 0 Å². The topological polar surface area (TPSA) is 9.23 Å². The molecule has 0 spiro atoms. The van der Waals surface area contributed by atoms with Gasteiger partial charge in [-0.15, -0.1) is 0 Å². The van der Waals surface area contributed by atoms with Gasteiger partial charge in [0, 0.05) is 0 Å². The number of benzene rings is 1. The summed E-state index contributed by atoms with van der Waals surface area (Å²) in [4.78, 5) is 0. The highest BCUT2D eigenvalue weighted by Gasteiger charge is 2.29. The van der Waals surface area contributed by atoms with Gasteiger partial charge in [-0.1, -0.05) is 24.3 Å². The molecule has 0 aromatic heterocycles. The lowest BCUT2D eigenvalue weighted by Gasteiger charge is -2.32. The molecule has 19 heavy (non-hydrogen) atoms. The van der Waals surface area contributed by atoms with Gasteiger partial charge in [0.25, 0.3) is 0 Å². The Balaban J connectivity index is 1.96. The molecule has 2 aliphatic rings. The van der Waals surface area contributed by atoms with Gasteiger partial charge < -0.3 is 4.74 Å². The van der Waals surface area contributed by atoms with Crippen molar-refractivity contribution in [3.8, 4) is 5.75 Å². The minimum Gasteiger partial charge on any atom is -0.497 e. The highest BCUT2D eigenvalue weighted by molar-refractivity contribution is 5.72. The van der Waals surface area contributed by atoms with Gasteiger partial charge in [0.05, 0.1) is 7.11 Å². The lowest BCUT2D eigenvalue weighted by molar-refractivity contribution is 0.411. The largest absolute Gasteiger partial charge is 0.497 e. The number of hydrogen-bond donors (Lipinski definition) is 0. The Kier molecular flexibility index (Phi) is 3.46. The summed E-state index contributed by atoms with van der Waals surface area (Å²) in [6, 6.07) is 6.54. The zero-order chi connectivity index (χ0) is 13.2. The van der Waals surface area contributed by atoms with Crippen LogP contribution in [0.4, 0.5) is 0 Å². The predicted octanol–water partition coefficient (Wildman–Crippen LogP) is 4.63. The fraction of sp³-hybridized carbons (Fsp3) is 0.444. The summed E-state index contributed by atoms with van der Waals surface area (Å²) in [7, 11) is 1.74. The summed E-state index contributed by atoms with van der Waals surface area (Å²) >= 11 is 0. The van der Waals surface area contributed by atoms with E-state index in [4.69, 9.17) is 4.74 Å². The molecule has 1 aromatic carbocycles. The van der Waals surface area contributed by atoms with E-state index in [2.05, 4.69) is 43.4 Å². The number of rotatable bonds is 2. The van der Waals surface area contributed by atoms with Crippen LogP contribution in [0.15, 0.2) is 36.4 Å². The second-order valence-electron chi connectivity index (χ2n) is 5.58. The van der Waals surface area contributed by atoms with Crippen molar-refractivity contribution in [1.82, 2.24) is 0 Å². The molecule has 0 heterocycles. The maximum absolute atomic E-state index is 5.35. The highest BCUT2D eigenvalue weighted by atomic mass is 16.5. The first-order valence-electron chi connectivity index (χ1n) is 7.33. The first-order valence-corrected chi connectivity index (χ1v) is 7.33. The number of hydrogen-bond acceptors (Lipinski definition) is 1. The minimum absolute atomic E-state index is 0.713. The molecule has 0 aliphatic heterocycles. The highest BCUT2D eigenvalue weighted by Crippen LogP contribution is 2.43. The Morgan fingerprint density at radius 3 is 2.84 bits per heavy atom. The SMILES string of the molecule is C/C=C1/c2ccc(OC)cc2CC[C@@H]1[C@@H]1C=CCC1. The van der Waals surface area contributed by atoms with Gasteiger partial charge in [0.1, 0.15) is 5.75 Å². The smallest absolute Gasteiger partial charge is 0.119 e. The maximum Gasteiger partial charge on any atom is 0.119 e. The third-order valence-electron chi connectivity index (χ3n) is 4.63. The van der Waals surface area contributed by atoms with Crippen LogP contribution >= 0.6 is 0 Å². The van der Waals surface area contributed by atoms with Crippen molar-refractivity contribution < 1.29 is 4.74 Å². The summed E-state index contributed by atoms with van der Waals surface area (Å²) < 4.78 is 5.35. The van der Waals surface area contributed by atoms with Gasteiger partial charge >= 0.3 is 0 Å². The Bertz CT molecular complexity index is 524. The van der Waals surface area contributed by atoms with Gasteiger partial charge in [-0.3, -0.25) is 0 Å². The maximum atomic E-state index is 5.35. The monoisotopic (exact) mass is 254 g/mol. The van der Waals surface area contributed by atoms with E-state index >= 15 is 0 Å². The van der Waals surface area contributed by atoms with Crippen LogP contribution in [0.2, 0.25) is 0 Å². The normalized spacial score (nSPS) is 27.6. The van der Waals surface area contributed by atoms with Crippen LogP contribution in [-0.4, -0.2) is 7.11 Å². The van der Waals surface area contributed by atoms with Crippen molar-refractivity contribution in [1.29, 1.82) is 0 Å². The van der Waals surface area contributed by atoms with Crippen molar-refractivity contribution in [3.63, 3.8) is 0 Å². The van der Waals surface area contributed by atoms with Crippen molar-refractivity contribution >= 4 is 5.57 Å². The molecule has 1 heteroatoms. The van der Waals surface area contributed by atoms with Crippen LogP contribution in [0.3, 0.4) is 0 Å². The standard InChI is InChI=1S/C18H22O/c1-3-16-17(13-6-4-5-7-13)10-8-14-12-15(19-2)9-11-18(14)16/h3-4,6,9,11-13,17H,5,7-8,10H2,1-2H3/b16-3+/t13-,17-/m1/s1. The van der Waals surface area contributed by atoms with Gasteiger partial charge in [-0.05, 0) is 73.3 Å². The van der Waals surface area contributed by atoms with E-state index in [1.807, 2.05) is 0 Å². The molecule has 1 nitrogen and oxygen atoms in total. The number of allylic oxidation sites excluding steroid dienone is 4. The first-order chi connectivity index (χ1) is 9.33. The zero-order valence-electron chi connectivity index (χ0n) is 11.9. The van der Waals surface area contributed by atoms with E-state index in [1.165, 1.54) is 36.8 Å². The van der Waals surface area contributed by atoms with Gasteiger partial charge in [-0.25, -0.2) is 0 Å². The molecule has 100 valence electrons. The number of ether oxygens (including phenoxy) is 1. The molecule has 2 aliphatic carbocycles. The fourth-order valence-electron chi connectivity index (χ4n) is 3.66. The molecule has 0 saturated carbocycles. The van der Waals surface area contributed by atoms with Crippen molar-refractivity contribution in [2.45, 2.75) is 32.6 Å². The number of methoxy groups -OCH3 is 1. The fourth-order valence-corrected chi connectivity index (χ4v) is 3.66. The van der Waals surface area contributed by atoms with Crippen LogP contribution in [-0.2, 0) is 6.42 Å². The van der Waals surface area contributed by atoms with Crippen molar-refractivity contribution in [2.75, 3.05) is 7.11 Å². The number of fused-ring (bicyclic) bond motifs is 1. The van der Waals surface area contributed by atoms with Gasteiger partial charge in [0.2, 0.25) is 0 Å².